The van der Waals surface area contributed by atoms with Crippen molar-refractivity contribution in [3.05, 3.63) is 54.6 Å². The zero-order chi connectivity index (χ0) is 18.5. The lowest BCUT2D eigenvalue weighted by Gasteiger charge is -2.14. The summed E-state index contributed by atoms with van der Waals surface area (Å²) in [4.78, 5) is 0. The second-order valence-corrected chi connectivity index (χ2v) is 7.74. The van der Waals surface area contributed by atoms with Gasteiger partial charge in [0.15, 0.2) is 0 Å². The topological polar surface area (TPSA) is 9.23 Å². The van der Waals surface area contributed by atoms with Crippen LogP contribution in [-0.4, -0.2) is 6.61 Å². The lowest BCUT2D eigenvalue weighted by molar-refractivity contribution is 0.308. The summed E-state index contributed by atoms with van der Waals surface area (Å²) >= 11 is 0. The molecule has 0 atom stereocenters. The fourth-order valence-electron chi connectivity index (χ4n) is 4.25. The van der Waals surface area contributed by atoms with Gasteiger partial charge in [0, 0.05) is 10.8 Å². The highest BCUT2D eigenvalue weighted by atomic mass is 16.5. The van der Waals surface area contributed by atoms with E-state index in [9.17, 15) is 0 Å². The summed E-state index contributed by atoms with van der Waals surface area (Å²) in [6.45, 7) is 3.09. The van der Waals surface area contributed by atoms with Gasteiger partial charge >= 0.3 is 0 Å². The molecule has 1 heteroatoms. The Morgan fingerprint density at radius 2 is 1.19 bits per heavy atom. The van der Waals surface area contributed by atoms with Crippen LogP contribution in [0.4, 0.5) is 0 Å². The van der Waals surface area contributed by atoms with Crippen LogP contribution >= 0.6 is 0 Å². The Hall–Kier alpha value is -2.28. The standard InChI is InChI=1S/C26H30O/c1-2-3-4-5-6-7-8-9-19-27-24-18-16-22-14-13-20-11-10-12-21-15-17-23(24)26(22)25(20)21/h10-18H,2-9,19H2,1H3. The van der Waals surface area contributed by atoms with E-state index in [1.54, 1.807) is 0 Å². The second kappa shape index (κ2) is 8.61. The van der Waals surface area contributed by atoms with Gasteiger partial charge < -0.3 is 4.74 Å². The maximum absolute atomic E-state index is 6.21. The van der Waals surface area contributed by atoms with Gasteiger partial charge in [0.05, 0.1) is 6.61 Å². The van der Waals surface area contributed by atoms with Gasteiger partial charge in [-0.05, 0) is 40.1 Å². The second-order valence-electron chi connectivity index (χ2n) is 7.74. The molecule has 0 unspecified atom stereocenters. The lowest BCUT2D eigenvalue weighted by Crippen LogP contribution is -1.98. The van der Waals surface area contributed by atoms with Crippen molar-refractivity contribution in [2.45, 2.75) is 58.3 Å². The van der Waals surface area contributed by atoms with Gasteiger partial charge in [-0.25, -0.2) is 0 Å². The van der Waals surface area contributed by atoms with E-state index >= 15 is 0 Å². The molecule has 0 amide bonds. The van der Waals surface area contributed by atoms with Gasteiger partial charge in [0.1, 0.15) is 5.75 Å². The molecule has 0 spiro atoms. The number of hydrogen-bond acceptors (Lipinski definition) is 1. The fourth-order valence-corrected chi connectivity index (χ4v) is 4.25. The number of unbranched alkanes of at least 4 members (excludes halogenated alkanes) is 7. The van der Waals surface area contributed by atoms with Crippen molar-refractivity contribution in [3.63, 3.8) is 0 Å². The molecule has 140 valence electrons. The predicted molar refractivity (Wildman–Crippen MR) is 118 cm³/mol. The largest absolute Gasteiger partial charge is 0.493 e. The first kappa shape index (κ1) is 18.1. The zero-order valence-corrected chi connectivity index (χ0v) is 16.5. The van der Waals surface area contributed by atoms with E-state index in [2.05, 4.69) is 61.5 Å². The van der Waals surface area contributed by atoms with E-state index in [1.165, 1.54) is 77.3 Å². The highest BCUT2D eigenvalue weighted by Crippen LogP contribution is 2.38. The fraction of sp³-hybridized carbons (Fsp3) is 0.385. The third-order valence-corrected chi connectivity index (χ3v) is 5.74. The number of ether oxygens (including phenoxy) is 1. The molecule has 0 aliphatic carbocycles. The molecule has 0 aliphatic rings. The average Bonchev–Trinajstić information content (AvgIpc) is 2.71. The molecule has 0 fully saturated rings. The quantitative estimate of drug-likeness (QED) is 0.205. The minimum absolute atomic E-state index is 0.818. The molecule has 0 aromatic heterocycles. The molecule has 4 aromatic carbocycles. The summed E-state index contributed by atoms with van der Waals surface area (Å²) in [6.07, 6.45) is 10.6. The summed E-state index contributed by atoms with van der Waals surface area (Å²) in [7, 11) is 0. The maximum Gasteiger partial charge on any atom is 0.127 e. The zero-order valence-electron chi connectivity index (χ0n) is 16.5. The first-order valence-electron chi connectivity index (χ1n) is 10.7. The number of rotatable bonds is 10. The van der Waals surface area contributed by atoms with E-state index in [0.29, 0.717) is 0 Å². The summed E-state index contributed by atoms with van der Waals surface area (Å²) < 4.78 is 6.21. The molecule has 0 saturated heterocycles. The van der Waals surface area contributed by atoms with Crippen molar-refractivity contribution in [1.82, 2.24) is 0 Å². The summed E-state index contributed by atoms with van der Waals surface area (Å²) in [5.41, 5.74) is 0. The van der Waals surface area contributed by atoms with Crippen LogP contribution in [0.3, 0.4) is 0 Å². The summed E-state index contributed by atoms with van der Waals surface area (Å²) in [6, 6.07) is 19.8. The molecular weight excluding hydrogens is 328 g/mol. The van der Waals surface area contributed by atoms with Gasteiger partial charge in [-0.3, -0.25) is 0 Å². The molecule has 4 rings (SSSR count). The van der Waals surface area contributed by atoms with Crippen LogP contribution in [0.1, 0.15) is 58.3 Å². The molecule has 0 radical (unpaired) electrons. The van der Waals surface area contributed by atoms with Gasteiger partial charge in [-0.1, -0.05) is 94.3 Å². The lowest BCUT2D eigenvalue weighted by atomic mass is 9.94. The molecule has 4 aromatic rings. The molecule has 0 heterocycles. The smallest absolute Gasteiger partial charge is 0.127 e. The van der Waals surface area contributed by atoms with Crippen molar-refractivity contribution < 1.29 is 4.74 Å². The van der Waals surface area contributed by atoms with E-state index < -0.39 is 0 Å². The minimum Gasteiger partial charge on any atom is -0.493 e. The Kier molecular flexibility index (Phi) is 5.77. The minimum atomic E-state index is 0.818. The summed E-state index contributed by atoms with van der Waals surface area (Å²) in [5.74, 6) is 1.03. The van der Waals surface area contributed by atoms with Crippen LogP contribution in [0.2, 0.25) is 0 Å². The van der Waals surface area contributed by atoms with E-state index in [4.69, 9.17) is 4.74 Å². The highest BCUT2D eigenvalue weighted by Gasteiger charge is 2.11. The molecule has 1 nitrogen and oxygen atoms in total. The molecule has 0 saturated carbocycles. The Balaban J connectivity index is 1.42. The normalized spacial score (nSPS) is 11.7. The van der Waals surface area contributed by atoms with E-state index in [1.807, 2.05) is 0 Å². The molecule has 0 bridgehead atoms. The van der Waals surface area contributed by atoms with Crippen molar-refractivity contribution in [2.24, 2.45) is 0 Å². The van der Waals surface area contributed by atoms with Crippen molar-refractivity contribution in [1.29, 1.82) is 0 Å². The monoisotopic (exact) mass is 358 g/mol. The maximum atomic E-state index is 6.21. The van der Waals surface area contributed by atoms with Gasteiger partial charge in [0.25, 0.3) is 0 Å². The SMILES string of the molecule is CCCCCCCCCCOc1ccc2ccc3cccc4ccc1c2c34. The van der Waals surface area contributed by atoms with Crippen LogP contribution in [0.5, 0.6) is 5.75 Å². The van der Waals surface area contributed by atoms with Crippen LogP contribution in [0, 0.1) is 0 Å². The third-order valence-electron chi connectivity index (χ3n) is 5.74. The van der Waals surface area contributed by atoms with Crippen LogP contribution < -0.4 is 4.74 Å². The van der Waals surface area contributed by atoms with Crippen molar-refractivity contribution in [2.75, 3.05) is 6.61 Å². The van der Waals surface area contributed by atoms with Crippen LogP contribution in [-0.2, 0) is 0 Å². The summed E-state index contributed by atoms with van der Waals surface area (Å²) in [5, 5.41) is 7.88. The van der Waals surface area contributed by atoms with E-state index in [-0.39, 0.29) is 0 Å². The Morgan fingerprint density at radius 1 is 0.593 bits per heavy atom. The number of hydrogen-bond donors (Lipinski definition) is 0. The van der Waals surface area contributed by atoms with Gasteiger partial charge in [0.2, 0.25) is 0 Å². The molecule has 0 N–H and O–H groups in total. The number of benzene rings is 4. The molecule has 27 heavy (non-hydrogen) atoms. The predicted octanol–water partition coefficient (Wildman–Crippen LogP) is 8.10. The van der Waals surface area contributed by atoms with Gasteiger partial charge in [-0.2, -0.15) is 0 Å². The Morgan fingerprint density at radius 3 is 1.93 bits per heavy atom. The van der Waals surface area contributed by atoms with Crippen LogP contribution in [0.15, 0.2) is 54.6 Å². The van der Waals surface area contributed by atoms with E-state index in [0.717, 1.165) is 18.8 Å². The Bertz CT molecular complexity index is 985. The van der Waals surface area contributed by atoms with Crippen molar-refractivity contribution in [3.8, 4) is 5.75 Å². The molecule has 0 aliphatic heterocycles. The highest BCUT2D eigenvalue weighted by molar-refractivity contribution is 6.24. The van der Waals surface area contributed by atoms with Crippen LogP contribution in [0.25, 0.3) is 32.3 Å². The first-order chi connectivity index (χ1) is 13.4. The van der Waals surface area contributed by atoms with Crippen molar-refractivity contribution >= 4 is 32.3 Å². The third kappa shape index (κ3) is 3.88. The first-order valence-corrected chi connectivity index (χ1v) is 10.7. The van der Waals surface area contributed by atoms with Gasteiger partial charge in [-0.15, -0.1) is 0 Å². The average molecular weight is 359 g/mol. The molecular formula is C26H30O. The Labute approximate surface area is 162 Å².